The van der Waals surface area contributed by atoms with Gasteiger partial charge >= 0.3 is 5.97 Å². The van der Waals surface area contributed by atoms with Crippen molar-refractivity contribution in [3.63, 3.8) is 0 Å². The average molecular weight is 399 g/mol. The maximum absolute atomic E-state index is 12.5. The number of fused-ring (bicyclic) bond motifs is 1. The summed E-state index contributed by atoms with van der Waals surface area (Å²) in [5.41, 5.74) is 3.31. The van der Waals surface area contributed by atoms with Crippen molar-refractivity contribution < 1.29 is 9.53 Å². The molecule has 25 heavy (non-hydrogen) atoms. The van der Waals surface area contributed by atoms with Gasteiger partial charge in [0, 0.05) is 29.6 Å². The fraction of sp³-hybridized carbons (Fsp3) is 0.200. The van der Waals surface area contributed by atoms with Crippen molar-refractivity contribution in [2.45, 2.75) is 13.5 Å². The van der Waals surface area contributed by atoms with Crippen LogP contribution in [0.1, 0.15) is 22.8 Å². The molecule has 0 aliphatic heterocycles. The molecular weight excluding hydrogens is 380 g/mol. The largest absolute Gasteiger partial charge is 0.462 e. The van der Waals surface area contributed by atoms with Crippen LogP contribution in [0.25, 0.3) is 10.9 Å². The van der Waals surface area contributed by atoms with E-state index in [-0.39, 0.29) is 5.97 Å². The number of carbonyl (C=O) groups is 1. The SMILES string of the molecule is CCOC(=O)c1cnc2ccc(Br)cc2c1N(C)Cc1ccccc1. The molecule has 2 aromatic carbocycles. The van der Waals surface area contributed by atoms with Crippen LogP contribution in [0.4, 0.5) is 5.69 Å². The Morgan fingerprint density at radius 2 is 1.96 bits per heavy atom. The standard InChI is InChI=1S/C20H19BrN2O2/c1-3-25-20(24)17-12-22-18-10-9-15(21)11-16(18)19(17)23(2)13-14-7-5-4-6-8-14/h4-12H,3,13H2,1-2H3. The number of ether oxygens (including phenoxy) is 1. The second-order valence-electron chi connectivity index (χ2n) is 5.74. The van der Waals surface area contributed by atoms with E-state index in [2.05, 4.69) is 37.9 Å². The van der Waals surface area contributed by atoms with Crippen LogP contribution in [-0.4, -0.2) is 24.6 Å². The smallest absolute Gasteiger partial charge is 0.341 e. The predicted molar refractivity (Wildman–Crippen MR) is 104 cm³/mol. The zero-order valence-electron chi connectivity index (χ0n) is 14.2. The van der Waals surface area contributed by atoms with Gasteiger partial charge < -0.3 is 9.64 Å². The molecule has 0 radical (unpaired) electrons. The minimum Gasteiger partial charge on any atom is -0.462 e. The first-order chi connectivity index (χ1) is 12.1. The summed E-state index contributed by atoms with van der Waals surface area (Å²) < 4.78 is 6.17. The van der Waals surface area contributed by atoms with Gasteiger partial charge in [0.15, 0.2) is 0 Å². The van der Waals surface area contributed by atoms with Crippen LogP contribution in [0.15, 0.2) is 59.2 Å². The lowest BCUT2D eigenvalue weighted by Crippen LogP contribution is -2.21. The monoisotopic (exact) mass is 398 g/mol. The number of anilines is 1. The number of pyridine rings is 1. The number of esters is 1. The molecular formula is C20H19BrN2O2. The van der Waals surface area contributed by atoms with Crippen LogP contribution in [0.5, 0.6) is 0 Å². The summed E-state index contributed by atoms with van der Waals surface area (Å²) in [5, 5.41) is 0.915. The molecule has 0 aliphatic carbocycles. The highest BCUT2D eigenvalue weighted by Gasteiger charge is 2.20. The molecule has 0 amide bonds. The van der Waals surface area contributed by atoms with E-state index >= 15 is 0 Å². The van der Waals surface area contributed by atoms with Crippen molar-refractivity contribution in [3.05, 3.63) is 70.3 Å². The second-order valence-corrected chi connectivity index (χ2v) is 6.66. The number of hydrogen-bond donors (Lipinski definition) is 0. The molecule has 128 valence electrons. The molecule has 0 aliphatic rings. The van der Waals surface area contributed by atoms with E-state index in [1.54, 1.807) is 13.1 Å². The van der Waals surface area contributed by atoms with E-state index in [4.69, 9.17) is 4.74 Å². The number of aromatic nitrogens is 1. The molecule has 5 heteroatoms. The highest BCUT2D eigenvalue weighted by atomic mass is 79.9. The lowest BCUT2D eigenvalue weighted by Gasteiger charge is -2.23. The lowest BCUT2D eigenvalue weighted by atomic mass is 10.1. The summed E-state index contributed by atoms with van der Waals surface area (Å²) in [6.45, 7) is 2.81. The molecule has 0 saturated heterocycles. The number of hydrogen-bond acceptors (Lipinski definition) is 4. The van der Waals surface area contributed by atoms with Gasteiger partial charge in [-0.2, -0.15) is 0 Å². The van der Waals surface area contributed by atoms with E-state index in [1.165, 1.54) is 5.56 Å². The van der Waals surface area contributed by atoms with Crippen LogP contribution in [-0.2, 0) is 11.3 Å². The molecule has 3 rings (SSSR count). The maximum Gasteiger partial charge on any atom is 0.341 e. The van der Waals surface area contributed by atoms with Crippen LogP contribution in [0, 0.1) is 0 Å². The Kier molecular flexibility index (Phi) is 5.34. The Balaban J connectivity index is 2.12. The van der Waals surface area contributed by atoms with E-state index < -0.39 is 0 Å². The Morgan fingerprint density at radius 3 is 2.68 bits per heavy atom. The van der Waals surface area contributed by atoms with Gasteiger partial charge in [0.05, 0.1) is 17.8 Å². The van der Waals surface area contributed by atoms with Gasteiger partial charge in [-0.05, 0) is 30.7 Å². The molecule has 0 atom stereocenters. The fourth-order valence-electron chi connectivity index (χ4n) is 2.86. The van der Waals surface area contributed by atoms with Crippen LogP contribution in [0.2, 0.25) is 0 Å². The van der Waals surface area contributed by atoms with Gasteiger partial charge in [-0.25, -0.2) is 4.79 Å². The lowest BCUT2D eigenvalue weighted by molar-refractivity contribution is 0.0527. The Hall–Kier alpha value is -2.40. The molecule has 4 nitrogen and oxygen atoms in total. The molecule has 3 aromatic rings. The zero-order valence-corrected chi connectivity index (χ0v) is 15.8. The summed E-state index contributed by atoms with van der Waals surface area (Å²) in [5.74, 6) is -0.355. The summed E-state index contributed by atoms with van der Waals surface area (Å²) in [4.78, 5) is 18.9. The molecule has 0 fully saturated rings. The average Bonchev–Trinajstić information content (AvgIpc) is 2.61. The molecule has 0 spiro atoms. The van der Waals surface area contributed by atoms with E-state index in [0.29, 0.717) is 18.7 Å². The zero-order chi connectivity index (χ0) is 17.8. The van der Waals surface area contributed by atoms with Crippen molar-refractivity contribution in [3.8, 4) is 0 Å². The summed E-state index contributed by atoms with van der Waals surface area (Å²) >= 11 is 3.51. The van der Waals surface area contributed by atoms with Gasteiger partial charge in [0.1, 0.15) is 5.56 Å². The summed E-state index contributed by atoms with van der Waals surface area (Å²) in [7, 11) is 1.98. The minimum atomic E-state index is -0.355. The van der Waals surface area contributed by atoms with Gasteiger partial charge in [-0.1, -0.05) is 46.3 Å². The van der Waals surface area contributed by atoms with Gasteiger partial charge in [0.2, 0.25) is 0 Å². The molecule has 1 heterocycles. The van der Waals surface area contributed by atoms with E-state index in [0.717, 1.165) is 21.1 Å². The third kappa shape index (κ3) is 3.82. The van der Waals surface area contributed by atoms with Gasteiger partial charge in [-0.15, -0.1) is 0 Å². The predicted octanol–water partition coefficient (Wildman–Crippen LogP) is 4.81. The van der Waals surface area contributed by atoms with Crippen LogP contribution < -0.4 is 4.90 Å². The van der Waals surface area contributed by atoms with Gasteiger partial charge in [0.25, 0.3) is 0 Å². The quantitative estimate of drug-likeness (QED) is 0.578. The number of benzene rings is 2. The highest BCUT2D eigenvalue weighted by Crippen LogP contribution is 2.32. The molecule has 0 N–H and O–H groups in total. The number of halogens is 1. The van der Waals surface area contributed by atoms with Crippen LogP contribution in [0.3, 0.4) is 0 Å². The van der Waals surface area contributed by atoms with Crippen molar-refractivity contribution in [2.24, 2.45) is 0 Å². The van der Waals surface area contributed by atoms with Crippen molar-refractivity contribution in [1.82, 2.24) is 4.98 Å². The molecule has 1 aromatic heterocycles. The van der Waals surface area contributed by atoms with Crippen molar-refractivity contribution in [2.75, 3.05) is 18.6 Å². The Labute approximate surface area is 155 Å². The second kappa shape index (κ2) is 7.66. The molecule has 0 bridgehead atoms. The van der Waals surface area contributed by atoms with E-state index in [1.807, 2.05) is 43.4 Å². The van der Waals surface area contributed by atoms with E-state index in [9.17, 15) is 4.79 Å². The highest BCUT2D eigenvalue weighted by molar-refractivity contribution is 9.10. The topological polar surface area (TPSA) is 42.4 Å². The molecule has 0 saturated carbocycles. The van der Waals surface area contributed by atoms with Gasteiger partial charge in [-0.3, -0.25) is 4.98 Å². The summed E-state index contributed by atoms with van der Waals surface area (Å²) in [6.07, 6.45) is 1.60. The maximum atomic E-state index is 12.5. The normalized spacial score (nSPS) is 10.7. The third-order valence-electron chi connectivity index (χ3n) is 3.94. The number of carbonyl (C=O) groups excluding carboxylic acids is 1. The van der Waals surface area contributed by atoms with Crippen molar-refractivity contribution in [1.29, 1.82) is 0 Å². The summed E-state index contributed by atoms with van der Waals surface area (Å²) in [6, 6.07) is 16.0. The Morgan fingerprint density at radius 1 is 1.20 bits per heavy atom. The fourth-order valence-corrected chi connectivity index (χ4v) is 3.22. The van der Waals surface area contributed by atoms with Crippen molar-refractivity contribution >= 4 is 38.5 Å². The molecule has 0 unspecified atom stereocenters. The Bertz CT molecular complexity index is 897. The third-order valence-corrected chi connectivity index (χ3v) is 4.43. The first kappa shape index (κ1) is 17.4. The van der Waals surface area contributed by atoms with Crippen LogP contribution >= 0.6 is 15.9 Å². The minimum absolute atomic E-state index is 0.331. The number of rotatable bonds is 5. The number of nitrogens with zero attached hydrogens (tertiary/aromatic N) is 2. The first-order valence-corrected chi connectivity index (χ1v) is 8.90. The first-order valence-electron chi connectivity index (χ1n) is 8.10.